The summed E-state index contributed by atoms with van der Waals surface area (Å²) in [6.07, 6.45) is 0.254. The normalized spacial score (nSPS) is 11.5. The van der Waals surface area contributed by atoms with E-state index in [1.165, 1.54) is 0 Å². The molecule has 0 aliphatic heterocycles. The molecular weight excluding hydrogens is 400 g/mol. The summed E-state index contributed by atoms with van der Waals surface area (Å²) >= 11 is 3.28. The van der Waals surface area contributed by atoms with E-state index in [0.29, 0.717) is 16.5 Å². The molecule has 136 valence electrons. The van der Waals surface area contributed by atoms with Crippen LogP contribution in [0.5, 0.6) is 0 Å². The van der Waals surface area contributed by atoms with Gasteiger partial charge in [0, 0.05) is 16.5 Å². The molecule has 0 fully saturated rings. The maximum atomic E-state index is 12.5. The Labute approximate surface area is 160 Å². The maximum Gasteiger partial charge on any atom is 0.359 e. The van der Waals surface area contributed by atoms with Crippen molar-refractivity contribution in [3.63, 3.8) is 0 Å². The first-order valence-corrected chi connectivity index (χ1v) is 9.07. The van der Waals surface area contributed by atoms with Crippen LogP contribution in [0.15, 0.2) is 59.1 Å². The molecular formula is C20H19BrO5. The lowest BCUT2D eigenvalue weighted by atomic mass is 10.1. The first-order valence-electron chi connectivity index (χ1n) is 8.28. The molecule has 0 aromatic heterocycles. The van der Waals surface area contributed by atoms with Gasteiger partial charge in [0.05, 0.1) is 5.56 Å². The minimum atomic E-state index is -1.32. The summed E-state index contributed by atoms with van der Waals surface area (Å²) < 4.78 is 10.8. The van der Waals surface area contributed by atoms with E-state index in [1.807, 2.05) is 6.92 Å². The van der Waals surface area contributed by atoms with Gasteiger partial charge in [-0.1, -0.05) is 55.8 Å². The molecule has 26 heavy (non-hydrogen) atoms. The summed E-state index contributed by atoms with van der Waals surface area (Å²) in [5, 5.41) is 0. The fourth-order valence-corrected chi connectivity index (χ4v) is 2.66. The Bertz CT molecular complexity index is 773. The minimum absolute atomic E-state index is 0.141. The Kier molecular flexibility index (Phi) is 7.53. The second kappa shape index (κ2) is 9.87. The molecule has 0 heterocycles. The van der Waals surface area contributed by atoms with Crippen molar-refractivity contribution in [2.45, 2.75) is 32.3 Å². The number of unbranched alkanes of at least 4 members (excludes halogenated alkanes) is 1. The molecule has 0 aliphatic rings. The van der Waals surface area contributed by atoms with Gasteiger partial charge < -0.3 is 9.47 Å². The Hall–Kier alpha value is -2.47. The third-order valence-corrected chi connectivity index (χ3v) is 4.28. The van der Waals surface area contributed by atoms with Crippen LogP contribution in [0.1, 0.15) is 48.2 Å². The lowest BCUT2D eigenvalue weighted by Crippen LogP contribution is -2.24. The number of halogens is 1. The van der Waals surface area contributed by atoms with Crippen LogP contribution in [0.25, 0.3) is 0 Å². The van der Waals surface area contributed by atoms with Crippen LogP contribution < -0.4 is 0 Å². The summed E-state index contributed by atoms with van der Waals surface area (Å²) in [7, 11) is 0. The first-order chi connectivity index (χ1) is 12.5. The predicted molar refractivity (Wildman–Crippen MR) is 99.4 cm³/mol. The number of ether oxygens (including phenoxy) is 2. The lowest BCUT2D eigenvalue weighted by molar-refractivity contribution is -0.166. The van der Waals surface area contributed by atoms with Gasteiger partial charge in [0.2, 0.25) is 6.10 Å². The van der Waals surface area contributed by atoms with Crippen LogP contribution in [-0.4, -0.2) is 17.9 Å². The van der Waals surface area contributed by atoms with Crippen molar-refractivity contribution in [1.29, 1.82) is 0 Å². The van der Waals surface area contributed by atoms with E-state index in [2.05, 4.69) is 15.9 Å². The Morgan fingerprint density at radius 1 is 1.00 bits per heavy atom. The van der Waals surface area contributed by atoms with Crippen LogP contribution in [-0.2, 0) is 19.1 Å². The van der Waals surface area contributed by atoms with Crippen molar-refractivity contribution in [2.75, 3.05) is 0 Å². The molecule has 2 aromatic carbocycles. The summed E-state index contributed by atoms with van der Waals surface area (Å²) in [5.41, 5.74) is 0.708. The molecule has 0 amide bonds. The molecule has 5 nitrogen and oxygen atoms in total. The number of rotatable bonds is 7. The quantitative estimate of drug-likeness (QED) is 0.485. The minimum Gasteiger partial charge on any atom is -0.442 e. The van der Waals surface area contributed by atoms with E-state index in [1.54, 1.807) is 54.6 Å². The fourth-order valence-electron chi connectivity index (χ4n) is 2.22. The van der Waals surface area contributed by atoms with Crippen LogP contribution >= 0.6 is 15.9 Å². The van der Waals surface area contributed by atoms with E-state index in [-0.39, 0.29) is 12.0 Å². The topological polar surface area (TPSA) is 69.7 Å². The number of hydrogen-bond acceptors (Lipinski definition) is 5. The summed E-state index contributed by atoms with van der Waals surface area (Å²) in [6, 6.07) is 15.2. The average molecular weight is 419 g/mol. The van der Waals surface area contributed by atoms with Crippen LogP contribution in [0.3, 0.4) is 0 Å². The zero-order valence-corrected chi connectivity index (χ0v) is 15.9. The van der Waals surface area contributed by atoms with Gasteiger partial charge in [-0.05, 0) is 34.5 Å². The van der Waals surface area contributed by atoms with Crippen molar-refractivity contribution in [1.82, 2.24) is 0 Å². The van der Waals surface area contributed by atoms with Gasteiger partial charge >= 0.3 is 17.9 Å². The predicted octanol–water partition coefficient (Wildman–Crippen LogP) is 4.61. The molecule has 0 bridgehead atoms. The first kappa shape index (κ1) is 19.8. The van der Waals surface area contributed by atoms with Gasteiger partial charge in [0.1, 0.15) is 0 Å². The molecule has 0 saturated heterocycles. The van der Waals surface area contributed by atoms with Crippen molar-refractivity contribution < 1.29 is 23.9 Å². The number of carbonyl (C=O) groups excluding carboxylic acids is 3. The maximum absolute atomic E-state index is 12.5. The summed E-state index contributed by atoms with van der Waals surface area (Å²) in [6.45, 7) is 1.93. The SMILES string of the molecule is CCCCC(=O)OC(=O)C(OC(=O)c1ccccc1Br)c1ccccc1. The molecule has 0 aliphatic carbocycles. The Morgan fingerprint density at radius 3 is 2.31 bits per heavy atom. The molecule has 0 saturated carbocycles. The molecule has 2 rings (SSSR count). The van der Waals surface area contributed by atoms with Gasteiger partial charge in [-0.15, -0.1) is 0 Å². The highest BCUT2D eigenvalue weighted by Gasteiger charge is 2.29. The number of carbonyl (C=O) groups is 3. The van der Waals surface area contributed by atoms with Crippen molar-refractivity contribution in [3.8, 4) is 0 Å². The summed E-state index contributed by atoms with van der Waals surface area (Å²) in [4.78, 5) is 36.7. The third kappa shape index (κ3) is 5.52. The van der Waals surface area contributed by atoms with Crippen molar-refractivity contribution >= 4 is 33.8 Å². The number of hydrogen-bond donors (Lipinski definition) is 0. The zero-order valence-electron chi connectivity index (χ0n) is 14.3. The smallest absolute Gasteiger partial charge is 0.359 e. The molecule has 2 aromatic rings. The largest absolute Gasteiger partial charge is 0.442 e. The van der Waals surface area contributed by atoms with Gasteiger partial charge in [0.25, 0.3) is 0 Å². The second-order valence-electron chi connectivity index (χ2n) is 5.57. The third-order valence-electron chi connectivity index (χ3n) is 3.58. The average Bonchev–Trinajstić information content (AvgIpc) is 2.65. The number of benzene rings is 2. The number of esters is 3. The van der Waals surface area contributed by atoms with Gasteiger partial charge in [-0.25, -0.2) is 9.59 Å². The highest BCUT2D eigenvalue weighted by Crippen LogP contribution is 2.24. The Morgan fingerprint density at radius 2 is 1.65 bits per heavy atom. The highest BCUT2D eigenvalue weighted by atomic mass is 79.9. The molecule has 0 radical (unpaired) electrons. The molecule has 6 heteroatoms. The fraction of sp³-hybridized carbons (Fsp3) is 0.250. The van der Waals surface area contributed by atoms with Gasteiger partial charge in [-0.3, -0.25) is 4.79 Å². The molecule has 0 N–H and O–H groups in total. The van der Waals surface area contributed by atoms with E-state index in [4.69, 9.17) is 9.47 Å². The van der Waals surface area contributed by atoms with E-state index in [0.717, 1.165) is 6.42 Å². The molecule has 0 spiro atoms. The van der Waals surface area contributed by atoms with Crippen LogP contribution in [0.2, 0.25) is 0 Å². The van der Waals surface area contributed by atoms with Crippen LogP contribution in [0, 0.1) is 0 Å². The second-order valence-corrected chi connectivity index (χ2v) is 6.43. The Balaban J connectivity index is 2.19. The lowest BCUT2D eigenvalue weighted by Gasteiger charge is -2.17. The highest BCUT2D eigenvalue weighted by molar-refractivity contribution is 9.10. The molecule has 1 atom stereocenters. The molecule has 1 unspecified atom stereocenters. The zero-order chi connectivity index (χ0) is 18.9. The van der Waals surface area contributed by atoms with Crippen molar-refractivity contribution in [3.05, 3.63) is 70.2 Å². The van der Waals surface area contributed by atoms with Crippen molar-refractivity contribution in [2.24, 2.45) is 0 Å². The van der Waals surface area contributed by atoms with Gasteiger partial charge in [-0.2, -0.15) is 0 Å². The van der Waals surface area contributed by atoms with Gasteiger partial charge in [0.15, 0.2) is 0 Å². The van der Waals surface area contributed by atoms with E-state index >= 15 is 0 Å². The van der Waals surface area contributed by atoms with E-state index < -0.39 is 24.0 Å². The monoisotopic (exact) mass is 418 g/mol. The standard InChI is InChI=1S/C20H19BrO5/c1-2-3-13-17(22)25-20(24)18(14-9-5-4-6-10-14)26-19(23)15-11-7-8-12-16(15)21/h4-12,18H,2-3,13H2,1H3. The van der Waals surface area contributed by atoms with Crippen LogP contribution in [0.4, 0.5) is 0 Å². The van der Waals surface area contributed by atoms with E-state index in [9.17, 15) is 14.4 Å². The summed E-state index contributed by atoms with van der Waals surface area (Å²) in [5.74, 6) is -2.23.